The first-order chi connectivity index (χ1) is 14.1. The summed E-state index contributed by atoms with van der Waals surface area (Å²) in [4.78, 5) is 29.6. The molecule has 1 aromatic carbocycles. The normalized spacial score (nSPS) is 16.1. The predicted octanol–water partition coefficient (Wildman–Crippen LogP) is 3.11. The number of hydrogen-bond donors (Lipinski definition) is 2. The van der Waals surface area contributed by atoms with Gasteiger partial charge >= 0.3 is 0 Å². The van der Waals surface area contributed by atoms with Gasteiger partial charge in [0.2, 0.25) is 0 Å². The number of nitrogens with zero attached hydrogens (tertiary/aromatic N) is 3. The molecule has 1 saturated carbocycles. The van der Waals surface area contributed by atoms with Crippen molar-refractivity contribution in [2.24, 2.45) is 0 Å². The van der Waals surface area contributed by atoms with Gasteiger partial charge in [0.1, 0.15) is 5.69 Å². The number of hydrogen-bond acceptors (Lipinski definition) is 5. The summed E-state index contributed by atoms with van der Waals surface area (Å²) in [5, 5.41) is 9.85. The average Bonchev–Trinajstić information content (AvgIpc) is 3.33. The lowest BCUT2D eigenvalue weighted by molar-refractivity contribution is 0.0951. The first-order valence-electron chi connectivity index (χ1n) is 9.83. The van der Waals surface area contributed by atoms with Gasteiger partial charge in [-0.3, -0.25) is 9.59 Å². The molecule has 1 aliphatic heterocycles. The van der Waals surface area contributed by atoms with Crippen LogP contribution in [0.25, 0.3) is 11.5 Å². The summed E-state index contributed by atoms with van der Waals surface area (Å²) in [5.74, 6) is 1.07. The fourth-order valence-electron chi connectivity index (χ4n) is 3.54. The molecule has 148 valence electrons. The van der Waals surface area contributed by atoms with Crippen molar-refractivity contribution >= 4 is 17.5 Å². The molecule has 2 aliphatic rings. The molecule has 2 aromatic heterocycles. The fourth-order valence-corrected chi connectivity index (χ4v) is 3.54. The van der Waals surface area contributed by atoms with Crippen LogP contribution in [0.4, 0.5) is 5.69 Å². The van der Waals surface area contributed by atoms with E-state index in [1.807, 2.05) is 29.7 Å². The van der Waals surface area contributed by atoms with Crippen molar-refractivity contribution in [1.82, 2.24) is 20.0 Å². The van der Waals surface area contributed by atoms with E-state index >= 15 is 0 Å². The standard InChI is InChI=1S/C21H21N5O3/c1-12-3-6-16(15(9-12)21-24-18(25-29-21)13-4-5-13)23-19(27)14-10-17-20(28)22-7-2-8-26(17)11-14/h3,6,9-11,13H,2,4-5,7-8H2,1H3,(H,22,28)(H,23,27). The zero-order valence-corrected chi connectivity index (χ0v) is 16.1. The largest absolute Gasteiger partial charge is 0.351 e. The second-order valence-corrected chi connectivity index (χ2v) is 7.65. The van der Waals surface area contributed by atoms with Crippen LogP contribution in [0, 0.1) is 6.92 Å². The number of fused-ring (bicyclic) bond motifs is 1. The molecule has 8 heteroatoms. The second-order valence-electron chi connectivity index (χ2n) is 7.65. The first-order valence-corrected chi connectivity index (χ1v) is 9.83. The molecule has 29 heavy (non-hydrogen) atoms. The maximum absolute atomic E-state index is 12.9. The van der Waals surface area contributed by atoms with Crippen molar-refractivity contribution in [2.45, 2.75) is 38.6 Å². The van der Waals surface area contributed by atoms with E-state index in [0.29, 0.717) is 47.4 Å². The Morgan fingerprint density at radius 2 is 2.17 bits per heavy atom. The van der Waals surface area contributed by atoms with Gasteiger partial charge in [0.25, 0.3) is 17.7 Å². The van der Waals surface area contributed by atoms with Gasteiger partial charge in [-0.25, -0.2) is 0 Å². The Labute approximate surface area is 167 Å². The van der Waals surface area contributed by atoms with Crippen LogP contribution in [0.15, 0.2) is 35.0 Å². The fraction of sp³-hybridized carbons (Fsp3) is 0.333. The van der Waals surface area contributed by atoms with E-state index < -0.39 is 0 Å². The van der Waals surface area contributed by atoms with Gasteiger partial charge in [-0.05, 0) is 44.4 Å². The van der Waals surface area contributed by atoms with Crippen LogP contribution in [-0.2, 0) is 6.54 Å². The SMILES string of the molecule is Cc1ccc(NC(=O)c2cc3n(c2)CCCNC3=O)c(-c2nc(C3CC3)no2)c1. The molecule has 1 aliphatic carbocycles. The van der Waals surface area contributed by atoms with E-state index in [4.69, 9.17) is 4.52 Å². The number of rotatable bonds is 4. The smallest absolute Gasteiger partial charge is 0.267 e. The van der Waals surface area contributed by atoms with E-state index in [1.165, 1.54) is 0 Å². The Morgan fingerprint density at radius 1 is 1.31 bits per heavy atom. The summed E-state index contributed by atoms with van der Waals surface area (Å²) in [7, 11) is 0. The monoisotopic (exact) mass is 391 g/mol. The Kier molecular flexibility index (Phi) is 4.19. The summed E-state index contributed by atoms with van der Waals surface area (Å²) in [5.41, 5.74) is 3.25. The number of aryl methyl sites for hydroxylation is 2. The number of aromatic nitrogens is 3. The van der Waals surface area contributed by atoms with Crippen molar-refractivity contribution < 1.29 is 14.1 Å². The number of amides is 2. The Morgan fingerprint density at radius 3 is 3.00 bits per heavy atom. The molecule has 0 radical (unpaired) electrons. The molecule has 8 nitrogen and oxygen atoms in total. The zero-order valence-electron chi connectivity index (χ0n) is 16.1. The maximum Gasteiger partial charge on any atom is 0.267 e. The maximum atomic E-state index is 12.9. The van der Waals surface area contributed by atoms with Crippen molar-refractivity contribution in [1.29, 1.82) is 0 Å². The van der Waals surface area contributed by atoms with Crippen LogP contribution in [0.2, 0.25) is 0 Å². The average molecular weight is 391 g/mol. The van der Waals surface area contributed by atoms with Crippen molar-refractivity contribution in [3.8, 4) is 11.5 Å². The van der Waals surface area contributed by atoms with Crippen LogP contribution in [-0.4, -0.2) is 33.1 Å². The topological polar surface area (TPSA) is 102 Å². The predicted molar refractivity (Wildman–Crippen MR) is 106 cm³/mol. The minimum Gasteiger partial charge on any atom is -0.351 e. The quantitative estimate of drug-likeness (QED) is 0.711. The van der Waals surface area contributed by atoms with Crippen LogP contribution in [0.3, 0.4) is 0 Å². The summed E-state index contributed by atoms with van der Waals surface area (Å²) in [6.07, 6.45) is 4.73. The summed E-state index contributed by atoms with van der Waals surface area (Å²) >= 11 is 0. The number of carbonyl (C=O) groups is 2. The van der Waals surface area contributed by atoms with Crippen LogP contribution >= 0.6 is 0 Å². The first kappa shape index (κ1) is 17.7. The molecule has 3 aromatic rings. The lowest BCUT2D eigenvalue weighted by Crippen LogP contribution is -2.22. The van der Waals surface area contributed by atoms with Gasteiger partial charge in [0, 0.05) is 25.2 Å². The lowest BCUT2D eigenvalue weighted by atomic mass is 10.1. The summed E-state index contributed by atoms with van der Waals surface area (Å²) < 4.78 is 7.29. The highest BCUT2D eigenvalue weighted by atomic mass is 16.5. The number of nitrogens with one attached hydrogen (secondary N) is 2. The zero-order chi connectivity index (χ0) is 20.0. The van der Waals surface area contributed by atoms with E-state index in [-0.39, 0.29) is 11.8 Å². The van der Waals surface area contributed by atoms with Gasteiger partial charge in [-0.2, -0.15) is 4.98 Å². The summed E-state index contributed by atoms with van der Waals surface area (Å²) in [6.45, 7) is 3.31. The Bertz CT molecular complexity index is 1110. The molecule has 0 atom stereocenters. The molecule has 0 saturated heterocycles. The number of benzene rings is 1. The molecule has 0 bridgehead atoms. The van der Waals surface area contributed by atoms with Crippen molar-refractivity contribution in [2.75, 3.05) is 11.9 Å². The van der Waals surface area contributed by atoms with Crippen LogP contribution in [0.1, 0.15) is 57.4 Å². The Hall–Kier alpha value is -3.42. The van der Waals surface area contributed by atoms with E-state index in [1.54, 1.807) is 12.3 Å². The number of anilines is 1. The molecule has 3 heterocycles. The molecule has 0 spiro atoms. The van der Waals surface area contributed by atoms with Crippen molar-refractivity contribution in [3.63, 3.8) is 0 Å². The van der Waals surface area contributed by atoms with E-state index in [0.717, 1.165) is 30.7 Å². The molecular formula is C21H21N5O3. The highest BCUT2D eigenvalue weighted by Crippen LogP contribution is 2.39. The molecule has 0 unspecified atom stereocenters. The van der Waals surface area contributed by atoms with Gasteiger partial charge in [0.15, 0.2) is 5.82 Å². The van der Waals surface area contributed by atoms with Crippen LogP contribution < -0.4 is 10.6 Å². The van der Waals surface area contributed by atoms with E-state index in [9.17, 15) is 9.59 Å². The second kappa shape index (κ2) is 6.88. The molecule has 5 rings (SSSR count). The van der Waals surface area contributed by atoms with E-state index in [2.05, 4.69) is 20.8 Å². The van der Waals surface area contributed by atoms with Crippen LogP contribution in [0.5, 0.6) is 0 Å². The minimum absolute atomic E-state index is 0.156. The van der Waals surface area contributed by atoms with Crippen molar-refractivity contribution in [3.05, 3.63) is 53.1 Å². The highest BCUT2D eigenvalue weighted by Gasteiger charge is 2.29. The third-order valence-corrected chi connectivity index (χ3v) is 5.29. The Balaban J connectivity index is 1.43. The molecule has 2 amide bonds. The third kappa shape index (κ3) is 3.41. The summed E-state index contributed by atoms with van der Waals surface area (Å²) in [6, 6.07) is 7.29. The lowest BCUT2D eigenvalue weighted by Gasteiger charge is -2.09. The molecule has 1 fully saturated rings. The third-order valence-electron chi connectivity index (χ3n) is 5.29. The minimum atomic E-state index is -0.287. The van der Waals surface area contributed by atoms with Gasteiger partial charge in [0.05, 0.1) is 16.8 Å². The molecule has 2 N–H and O–H groups in total. The van der Waals surface area contributed by atoms with Gasteiger partial charge < -0.3 is 19.7 Å². The van der Waals surface area contributed by atoms with Gasteiger partial charge in [-0.1, -0.05) is 16.8 Å². The highest BCUT2D eigenvalue weighted by molar-refractivity contribution is 6.07. The number of carbonyl (C=O) groups excluding carboxylic acids is 2. The van der Waals surface area contributed by atoms with Gasteiger partial charge in [-0.15, -0.1) is 0 Å². The molecular weight excluding hydrogens is 370 g/mol.